The highest BCUT2D eigenvalue weighted by atomic mass is 79.9. The lowest BCUT2D eigenvalue weighted by Crippen LogP contribution is -2.19. The summed E-state index contributed by atoms with van der Waals surface area (Å²) in [5, 5.41) is 4.09. The quantitative estimate of drug-likeness (QED) is 0.515. The Labute approximate surface area is 125 Å². The fourth-order valence-corrected chi connectivity index (χ4v) is 2.13. The Bertz CT molecular complexity index is 668. The zero-order chi connectivity index (χ0) is 14.5. The maximum absolute atomic E-state index is 12.0. The summed E-state index contributed by atoms with van der Waals surface area (Å²) in [5.74, 6) is -0.263. The van der Waals surface area contributed by atoms with E-state index in [0.29, 0.717) is 17.0 Å². The summed E-state index contributed by atoms with van der Waals surface area (Å²) in [7, 11) is 0. The van der Waals surface area contributed by atoms with Gasteiger partial charge in [-0.3, -0.25) is 4.79 Å². The molecule has 0 saturated heterocycles. The second-order valence-electron chi connectivity index (χ2n) is 4.24. The summed E-state index contributed by atoms with van der Waals surface area (Å²) in [6.45, 7) is 1.81. The molecule has 0 heterocycles. The molecule has 3 N–H and O–H groups in total. The molecule has 5 heteroatoms. The summed E-state index contributed by atoms with van der Waals surface area (Å²) >= 11 is 3.33. The Morgan fingerprint density at radius 3 is 2.65 bits per heavy atom. The molecule has 4 nitrogen and oxygen atoms in total. The molecule has 1 amide bonds. The SMILES string of the molecule is CC(=NNC(=O)c1ccccc1Br)c1cccc(N)c1. The van der Waals surface area contributed by atoms with Crippen molar-refractivity contribution in [3.05, 3.63) is 64.1 Å². The van der Waals surface area contributed by atoms with E-state index >= 15 is 0 Å². The van der Waals surface area contributed by atoms with E-state index in [1.54, 1.807) is 18.2 Å². The first-order valence-corrected chi connectivity index (χ1v) is 6.82. The summed E-state index contributed by atoms with van der Waals surface area (Å²) in [4.78, 5) is 12.0. The highest BCUT2D eigenvalue weighted by Gasteiger charge is 2.08. The van der Waals surface area contributed by atoms with Crippen molar-refractivity contribution < 1.29 is 4.79 Å². The smallest absolute Gasteiger partial charge is 0.272 e. The van der Waals surface area contributed by atoms with E-state index in [-0.39, 0.29) is 5.91 Å². The lowest BCUT2D eigenvalue weighted by Gasteiger charge is -2.05. The number of benzene rings is 2. The van der Waals surface area contributed by atoms with Gasteiger partial charge in [0.2, 0.25) is 0 Å². The van der Waals surface area contributed by atoms with Crippen LogP contribution in [0, 0.1) is 0 Å². The number of halogens is 1. The van der Waals surface area contributed by atoms with Crippen molar-refractivity contribution in [2.75, 3.05) is 5.73 Å². The number of hydrogen-bond donors (Lipinski definition) is 2. The highest BCUT2D eigenvalue weighted by molar-refractivity contribution is 9.10. The van der Waals surface area contributed by atoms with Crippen LogP contribution < -0.4 is 11.2 Å². The van der Waals surface area contributed by atoms with Gasteiger partial charge in [0.05, 0.1) is 11.3 Å². The van der Waals surface area contributed by atoms with Gasteiger partial charge < -0.3 is 5.73 Å². The van der Waals surface area contributed by atoms with E-state index in [0.717, 1.165) is 10.0 Å². The Hall–Kier alpha value is -2.14. The van der Waals surface area contributed by atoms with Gasteiger partial charge >= 0.3 is 0 Å². The fraction of sp³-hybridized carbons (Fsp3) is 0.0667. The predicted molar refractivity (Wildman–Crippen MR) is 84.7 cm³/mol. The minimum Gasteiger partial charge on any atom is -0.399 e. The largest absolute Gasteiger partial charge is 0.399 e. The van der Waals surface area contributed by atoms with Crippen molar-refractivity contribution in [2.24, 2.45) is 5.10 Å². The number of nitrogens with one attached hydrogen (secondary N) is 1. The molecule has 102 valence electrons. The van der Waals surface area contributed by atoms with Crippen molar-refractivity contribution >= 4 is 33.2 Å². The van der Waals surface area contributed by atoms with Gasteiger partial charge in [0.25, 0.3) is 5.91 Å². The lowest BCUT2D eigenvalue weighted by atomic mass is 10.1. The molecule has 0 fully saturated rings. The van der Waals surface area contributed by atoms with Crippen LogP contribution in [-0.4, -0.2) is 11.6 Å². The number of anilines is 1. The molecule has 0 atom stereocenters. The van der Waals surface area contributed by atoms with Gasteiger partial charge in [-0.1, -0.05) is 24.3 Å². The van der Waals surface area contributed by atoms with Gasteiger partial charge in [-0.2, -0.15) is 5.10 Å². The van der Waals surface area contributed by atoms with Crippen molar-refractivity contribution in [2.45, 2.75) is 6.92 Å². The maximum atomic E-state index is 12.0. The molecule has 0 aliphatic heterocycles. The summed E-state index contributed by atoms with van der Waals surface area (Å²) < 4.78 is 0.731. The predicted octanol–water partition coefficient (Wildman–Crippen LogP) is 3.19. The Morgan fingerprint density at radius 1 is 1.20 bits per heavy atom. The molecular weight excluding hydrogens is 318 g/mol. The summed E-state index contributed by atoms with van der Waals surface area (Å²) in [6, 6.07) is 14.5. The molecule has 20 heavy (non-hydrogen) atoms. The number of carbonyl (C=O) groups excluding carboxylic acids is 1. The normalized spacial score (nSPS) is 11.2. The Morgan fingerprint density at radius 2 is 1.95 bits per heavy atom. The Kier molecular flexibility index (Phi) is 4.53. The summed E-state index contributed by atoms with van der Waals surface area (Å²) in [5.41, 5.74) is 11.0. The molecule has 0 spiro atoms. The standard InChI is InChI=1S/C15H14BrN3O/c1-10(11-5-4-6-12(17)9-11)18-19-15(20)13-7-2-3-8-14(13)16/h2-9H,17H2,1H3,(H,19,20). The zero-order valence-electron chi connectivity index (χ0n) is 10.9. The topological polar surface area (TPSA) is 67.5 Å². The molecule has 2 aromatic carbocycles. The van der Waals surface area contributed by atoms with E-state index in [9.17, 15) is 4.79 Å². The third kappa shape index (κ3) is 3.45. The van der Waals surface area contributed by atoms with Crippen molar-refractivity contribution in [1.82, 2.24) is 5.43 Å². The Balaban J connectivity index is 2.13. The summed E-state index contributed by atoms with van der Waals surface area (Å²) in [6.07, 6.45) is 0. The molecule has 0 aliphatic rings. The van der Waals surface area contributed by atoms with Crippen LogP contribution in [0.1, 0.15) is 22.8 Å². The van der Waals surface area contributed by atoms with Gasteiger partial charge in [0.15, 0.2) is 0 Å². The zero-order valence-corrected chi connectivity index (χ0v) is 12.5. The van der Waals surface area contributed by atoms with Crippen molar-refractivity contribution in [3.63, 3.8) is 0 Å². The van der Waals surface area contributed by atoms with E-state index in [2.05, 4.69) is 26.5 Å². The second-order valence-corrected chi connectivity index (χ2v) is 5.10. The van der Waals surface area contributed by atoms with Crippen molar-refractivity contribution in [1.29, 1.82) is 0 Å². The van der Waals surface area contributed by atoms with Gasteiger partial charge in [-0.25, -0.2) is 5.43 Å². The maximum Gasteiger partial charge on any atom is 0.272 e. The van der Waals surface area contributed by atoms with Crippen LogP contribution in [0.4, 0.5) is 5.69 Å². The molecule has 0 saturated carbocycles. The van der Waals surface area contributed by atoms with Gasteiger partial charge in [0.1, 0.15) is 0 Å². The number of hydrazone groups is 1. The molecule has 0 unspecified atom stereocenters. The van der Waals surface area contributed by atoms with Crippen LogP contribution in [0.5, 0.6) is 0 Å². The second kappa shape index (κ2) is 6.34. The number of hydrogen-bond acceptors (Lipinski definition) is 3. The molecular formula is C15H14BrN3O. The first kappa shape index (κ1) is 14.3. The van der Waals surface area contributed by atoms with Crippen LogP contribution >= 0.6 is 15.9 Å². The highest BCUT2D eigenvalue weighted by Crippen LogP contribution is 2.15. The van der Waals surface area contributed by atoms with E-state index in [1.807, 2.05) is 37.3 Å². The molecule has 0 bridgehead atoms. The molecule has 0 radical (unpaired) electrons. The number of amides is 1. The third-order valence-corrected chi connectivity index (χ3v) is 3.44. The lowest BCUT2D eigenvalue weighted by molar-refractivity contribution is 0.0954. The fourth-order valence-electron chi connectivity index (χ4n) is 1.67. The van der Waals surface area contributed by atoms with Crippen molar-refractivity contribution in [3.8, 4) is 0 Å². The van der Waals surface area contributed by atoms with E-state index < -0.39 is 0 Å². The average molecular weight is 332 g/mol. The third-order valence-electron chi connectivity index (χ3n) is 2.75. The van der Waals surface area contributed by atoms with Crippen LogP contribution in [0.3, 0.4) is 0 Å². The number of rotatable bonds is 3. The average Bonchev–Trinajstić information content (AvgIpc) is 2.45. The van der Waals surface area contributed by atoms with Gasteiger partial charge in [-0.05, 0) is 52.7 Å². The minimum atomic E-state index is -0.263. The van der Waals surface area contributed by atoms with E-state index in [4.69, 9.17) is 5.73 Å². The van der Waals surface area contributed by atoms with Gasteiger partial charge in [-0.15, -0.1) is 0 Å². The first-order chi connectivity index (χ1) is 9.58. The monoisotopic (exact) mass is 331 g/mol. The molecule has 2 aromatic rings. The van der Waals surface area contributed by atoms with Crippen LogP contribution in [-0.2, 0) is 0 Å². The van der Waals surface area contributed by atoms with Crippen LogP contribution in [0.15, 0.2) is 58.1 Å². The first-order valence-electron chi connectivity index (χ1n) is 6.03. The minimum absolute atomic E-state index is 0.263. The number of nitrogens with two attached hydrogens (primary N) is 1. The molecule has 0 aromatic heterocycles. The number of carbonyl (C=O) groups is 1. The van der Waals surface area contributed by atoms with Crippen LogP contribution in [0.2, 0.25) is 0 Å². The molecule has 2 rings (SSSR count). The number of nitrogens with zero attached hydrogens (tertiary/aromatic N) is 1. The van der Waals surface area contributed by atoms with Gasteiger partial charge in [0, 0.05) is 10.2 Å². The molecule has 0 aliphatic carbocycles. The number of nitrogen functional groups attached to an aromatic ring is 1. The van der Waals surface area contributed by atoms with E-state index in [1.165, 1.54) is 0 Å². The van der Waals surface area contributed by atoms with Crippen LogP contribution in [0.25, 0.3) is 0 Å².